The average molecular weight is 528 g/mol. The third-order valence-corrected chi connectivity index (χ3v) is 12.5. The minimum absolute atomic E-state index is 0.0110. The first-order valence-electron chi connectivity index (χ1n) is 14.5. The Kier molecular flexibility index (Phi) is 8.41. The molecule has 4 aliphatic carbocycles. The Labute approximate surface area is 217 Å². The van der Waals surface area contributed by atoms with E-state index in [9.17, 15) is 19.6 Å². The summed E-state index contributed by atoms with van der Waals surface area (Å²) in [5.74, 6) is 2.82. The maximum atomic E-state index is 12.3. The van der Waals surface area contributed by atoms with Gasteiger partial charge < -0.3 is 25.3 Å². The van der Waals surface area contributed by atoms with Crippen LogP contribution in [0.5, 0.6) is 0 Å². The molecule has 0 aromatic carbocycles. The zero-order valence-corrected chi connectivity index (χ0v) is 23.6. The van der Waals surface area contributed by atoms with E-state index in [1.54, 1.807) is 0 Å². The van der Waals surface area contributed by atoms with Gasteiger partial charge in [-0.1, -0.05) is 34.1 Å². The van der Waals surface area contributed by atoms with Crippen LogP contribution in [-0.4, -0.2) is 50.8 Å². The number of carbonyl (C=O) groups excluding carboxylic acids is 1. The van der Waals surface area contributed by atoms with Crippen molar-refractivity contribution in [2.75, 3.05) is 12.7 Å². The molecule has 0 saturated heterocycles. The van der Waals surface area contributed by atoms with Crippen LogP contribution in [0, 0.1) is 52.3 Å². The van der Waals surface area contributed by atoms with Crippen molar-refractivity contribution >= 4 is 13.5 Å². The summed E-state index contributed by atoms with van der Waals surface area (Å²) >= 11 is 0. The summed E-state index contributed by atoms with van der Waals surface area (Å²) in [5.41, 5.74) is 0.383. The molecule has 4 saturated carbocycles. The summed E-state index contributed by atoms with van der Waals surface area (Å²) in [5, 5.41) is 24.9. The molecule has 0 radical (unpaired) electrons. The van der Waals surface area contributed by atoms with Gasteiger partial charge in [0.2, 0.25) is 5.91 Å². The first kappa shape index (κ1) is 28.5. The minimum atomic E-state index is -4.09. The van der Waals surface area contributed by atoms with Crippen molar-refractivity contribution in [3.8, 4) is 0 Å². The lowest BCUT2D eigenvalue weighted by Gasteiger charge is -2.64. The van der Waals surface area contributed by atoms with Crippen molar-refractivity contribution in [2.45, 2.75) is 104 Å². The van der Waals surface area contributed by atoms with Crippen LogP contribution in [0.1, 0.15) is 91.9 Å². The number of carbonyl (C=O) groups is 1. The number of amides is 1. The Balaban J connectivity index is 1.44. The second-order valence-corrected chi connectivity index (χ2v) is 15.2. The molecule has 11 atom stereocenters. The summed E-state index contributed by atoms with van der Waals surface area (Å²) in [6.07, 6.45) is 8.73. The van der Waals surface area contributed by atoms with E-state index < -0.39 is 7.60 Å². The van der Waals surface area contributed by atoms with Gasteiger partial charge in [-0.05, 0) is 104 Å². The third kappa shape index (κ3) is 5.21. The Morgan fingerprint density at radius 3 is 2.36 bits per heavy atom. The van der Waals surface area contributed by atoms with Crippen LogP contribution >= 0.6 is 7.60 Å². The maximum Gasteiger partial charge on any atom is 0.327 e. The van der Waals surface area contributed by atoms with Gasteiger partial charge in [0.05, 0.1) is 18.4 Å². The molecule has 0 heterocycles. The van der Waals surface area contributed by atoms with Crippen molar-refractivity contribution in [3.63, 3.8) is 0 Å². The molecule has 208 valence electrons. The van der Waals surface area contributed by atoms with E-state index in [-0.39, 0.29) is 47.6 Å². The summed E-state index contributed by atoms with van der Waals surface area (Å²) in [6, 6.07) is 0. The largest absolute Gasteiger partial charge is 0.393 e. The molecule has 0 aromatic heterocycles. The van der Waals surface area contributed by atoms with Crippen molar-refractivity contribution in [1.29, 1.82) is 0 Å². The maximum absolute atomic E-state index is 12.3. The van der Waals surface area contributed by atoms with Gasteiger partial charge in [-0.15, -0.1) is 0 Å². The van der Waals surface area contributed by atoms with Gasteiger partial charge >= 0.3 is 7.60 Å². The fourth-order valence-electron chi connectivity index (χ4n) is 9.92. The van der Waals surface area contributed by atoms with Gasteiger partial charge in [0.15, 0.2) is 0 Å². The Morgan fingerprint density at radius 1 is 1.03 bits per heavy atom. The third-order valence-electron chi connectivity index (χ3n) is 11.7. The van der Waals surface area contributed by atoms with Gasteiger partial charge in [0, 0.05) is 13.0 Å². The molecule has 0 spiro atoms. The SMILES string of the molecule is CC[C@H]1[C@@H](O)C2C3CCC([C@H](C)CCC(=O)NCCP(=O)(O)O)[C@@]3(C)CCC2[C@@]2(C)CC[C@@H](O)C[C@@H]12. The number of hydrogen-bond acceptors (Lipinski definition) is 4. The number of aliphatic hydroxyl groups is 2. The molecule has 7 nitrogen and oxygen atoms in total. The van der Waals surface area contributed by atoms with E-state index >= 15 is 0 Å². The monoisotopic (exact) mass is 527 g/mol. The lowest BCUT2D eigenvalue weighted by Crippen LogP contribution is -2.62. The molecule has 0 aliphatic heterocycles. The molecular formula is C28H50NO6P. The first-order valence-corrected chi connectivity index (χ1v) is 16.3. The number of hydrogen-bond donors (Lipinski definition) is 5. The lowest BCUT2D eigenvalue weighted by atomic mass is 9.41. The van der Waals surface area contributed by atoms with Crippen LogP contribution in [0.4, 0.5) is 0 Å². The van der Waals surface area contributed by atoms with Crippen LogP contribution in [-0.2, 0) is 9.36 Å². The highest BCUT2D eigenvalue weighted by atomic mass is 31.2. The van der Waals surface area contributed by atoms with Gasteiger partial charge in [0.1, 0.15) is 0 Å². The fourth-order valence-corrected chi connectivity index (χ4v) is 10.3. The van der Waals surface area contributed by atoms with E-state index in [0.717, 1.165) is 51.4 Å². The first-order chi connectivity index (χ1) is 16.8. The minimum Gasteiger partial charge on any atom is -0.393 e. The van der Waals surface area contributed by atoms with Crippen molar-refractivity contribution in [2.24, 2.45) is 52.3 Å². The molecule has 1 amide bonds. The number of aliphatic hydroxyl groups excluding tert-OH is 2. The molecule has 4 rings (SSSR count). The van der Waals surface area contributed by atoms with Gasteiger partial charge in [-0.2, -0.15) is 0 Å². The Morgan fingerprint density at radius 2 is 1.69 bits per heavy atom. The smallest absolute Gasteiger partial charge is 0.327 e. The van der Waals surface area contributed by atoms with Crippen LogP contribution < -0.4 is 5.32 Å². The molecule has 0 aromatic rings. The van der Waals surface area contributed by atoms with Crippen LogP contribution in [0.25, 0.3) is 0 Å². The van der Waals surface area contributed by atoms with E-state index in [4.69, 9.17) is 9.79 Å². The summed E-state index contributed by atoms with van der Waals surface area (Å²) in [7, 11) is -4.09. The van der Waals surface area contributed by atoms with Gasteiger partial charge in [0.25, 0.3) is 0 Å². The average Bonchev–Trinajstić information content (AvgIpc) is 3.15. The summed E-state index contributed by atoms with van der Waals surface area (Å²) in [6.45, 7) is 9.41. The molecule has 36 heavy (non-hydrogen) atoms. The number of nitrogens with one attached hydrogen (secondary N) is 1. The van der Waals surface area contributed by atoms with E-state index in [2.05, 4.69) is 33.0 Å². The van der Waals surface area contributed by atoms with Gasteiger partial charge in [-0.3, -0.25) is 9.36 Å². The fraction of sp³-hybridized carbons (Fsp3) is 0.964. The van der Waals surface area contributed by atoms with E-state index in [1.807, 2.05) is 0 Å². The predicted molar refractivity (Wildman–Crippen MR) is 140 cm³/mol. The quantitative estimate of drug-likeness (QED) is 0.299. The molecule has 8 heteroatoms. The van der Waals surface area contributed by atoms with Crippen LogP contribution in [0.15, 0.2) is 0 Å². The van der Waals surface area contributed by atoms with Crippen LogP contribution in [0.3, 0.4) is 0 Å². The normalized spacial score (nSPS) is 45.3. The molecule has 4 fully saturated rings. The molecular weight excluding hydrogens is 477 g/mol. The zero-order valence-electron chi connectivity index (χ0n) is 22.7. The number of fused-ring (bicyclic) bond motifs is 5. The second-order valence-electron chi connectivity index (χ2n) is 13.4. The topological polar surface area (TPSA) is 127 Å². The molecule has 5 N–H and O–H groups in total. The highest BCUT2D eigenvalue weighted by molar-refractivity contribution is 7.51. The van der Waals surface area contributed by atoms with E-state index in [1.165, 1.54) is 6.42 Å². The Hall–Kier alpha value is -0.460. The van der Waals surface area contributed by atoms with Crippen molar-refractivity contribution in [1.82, 2.24) is 5.32 Å². The lowest BCUT2D eigenvalue weighted by molar-refractivity contribution is -0.203. The Bertz CT molecular complexity index is 848. The standard InChI is InChI=1S/C28H50NO6P/c1-5-19-23-16-18(30)10-12-28(23,4)22-11-13-27(3)20(7-8-21(27)25(22)26(19)32)17(2)6-9-24(31)29-14-15-36(33,34)35/h17-23,25-26,30,32H,5-16H2,1-4H3,(H,29,31)(H2,33,34,35)/t17-,18-,19-,20?,21?,22?,23+,25?,26-,27-,28-/m1/s1. The second kappa shape index (κ2) is 10.6. The van der Waals surface area contributed by atoms with E-state index in [0.29, 0.717) is 41.9 Å². The highest BCUT2D eigenvalue weighted by Crippen LogP contribution is 2.69. The summed E-state index contributed by atoms with van der Waals surface area (Å²) < 4.78 is 11.0. The van der Waals surface area contributed by atoms with Crippen molar-refractivity contribution in [3.05, 3.63) is 0 Å². The summed E-state index contributed by atoms with van der Waals surface area (Å²) in [4.78, 5) is 30.3. The van der Waals surface area contributed by atoms with Gasteiger partial charge in [-0.25, -0.2) is 0 Å². The predicted octanol–water partition coefficient (Wildman–Crippen LogP) is 4.32. The molecule has 4 aliphatic rings. The van der Waals surface area contributed by atoms with Crippen LogP contribution in [0.2, 0.25) is 0 Å². The number of rotatable bonds is 8. The molecule has 4 unspecified atom stereocenters. The van der Waals surface area contributed by atoms with Crippen molar-refractivity contribution < 1.29 is 29.4 Å². The zero-order chi connectivity index (χ0) is 26.5. The molecule has 0 bridgehead atoms. The highest BCUT2D eigenvalue weighted by Gasteiger charge is 2.64.